The van der Waals surface area contributed by atoms with Gasteiger partial charge in [0.2, 0.25) is 0 Å². The van der Waals surface area contributed by atoms with Crippen LogP contribution in [0.3, 0.4) is 0 Å². The molecule has 5 aromatic carbocycles. The van der Waals surface area contributed by atoms with Crippen LogP contribution < -0.4 is 0 Å². The lowest BCUT2D eigenvalue weighted by atomic mass is 9.84. The van der Waals surface area contributed by atoms with Gasteiger partial charge in [0.05, 0.1) is 0 Å². The van der Waals surface area contributed by atoms with Crippen LogP contribution in [-0.4, -0.2) is 16.2 Å². The van der Waals surface area contributed by atoms with Crippen LogP contribution in [0, 0.1) is 0 Å². The highest BCUT2D eigenvalue weighted by Crippen LogP contribution is 2.38. The Hall–Kier alpha value is -4.57. The lowest BCUT2D eigenvalue weighted by molar-refractivity contribution is 0.0469. The first kappa shape index (κ1) is 22.2. The molecule has 0 heterocycles. The van der Waals surface area contributed by atoms with Crippen molar-refractivity contribution in [3.05, 3.63) is 143 Å². The third-order valence-corrected chi connectivity index (χ3v) is 6.20. The molecule has 35 heavy (non-hydrogen) atoms. The van der Waals surface area contributed by atoms with Crippen LogP contribution in [0.2, 0.25) is 0 Å². The molecular formula is C31H24O4. The van der Waals surface area contributed by atoms with E-state index in [2.05, 4.69) is 0 Å². The van der Waals surface area contributed by atoms with Crippen molar-refractivity contribution < 1.29 is 19.7 Å². The molecule has 0 amide bonds. The normalized spacial score (nSPS) is 11.0. The summed E-state index contributed by atoms with van der Waals surface area (Å²) < 4.78 is 5.57. The van der Waals surface area contributed by atoms with Crippen LogP contribution in [0.1, 0.15) is 38.5 Å². The molecule has 5 aromatic rings. The maximum absolute atomic E-state index is 13.0. The van der Waals surface area contributed by atoms with Gasteiger partial charge in [-0.1, -0.05) is 109 Å². The number of fused-ring (bicyclic) bond motifs is 1. The monoisotopic (exact) mass is 460 g/mol. The Morgan fingerprint density at radius 2 is 1.31 bits per heavy atom. The van der Waals surface area contributed by atoms with E-state index in [0.29, 0.717) is 10.9 Å². The van der Waals surface area contributed by atoms with Gasteiger partial charge < -0.3 is 14.9 Å². The van der Waals surface area contributed by atoms with Crippen LogP contribution in [0.15, 0.2) is 115 Å². The number of phenolic OH excluding ortho intramolecular Hbond substituents is 2. The largest absolute Gasteiger partial charge is 0.507 e. The lowest BCUT2D eigenvalue weighted by Gasteiger charge is -2.21. The minimum atomic E-state index is -0.647. The second kappa shape index (κ2) is 9.74. The Morgan fingerprint density at radius 1 is 0.686 bits per heavy atom. The zero-order chi connectivity index (χ0) is 24.2. The van der Waals surface area contributed by atoms with Gasteiger partial charge in [0, 0.05) is 17.0 Å². The molecule has 4 nitrogen and oxygen atoms in total. The SMILES string of the molecule is O=C(OCc1cccc(C(c2ccccc2)c2ccccc2)c1O)c1c(O)ccc2ccccc12. The summed E-state index contributed by atoms with van der Waals surface area (Å²) in [5, 5.41) is 23.0. The van der Waals surface area contributed by atoms with Crippen molar-refractivity contribution in [1.82, 2.24) is 0 Å². The van der Waals surface area contributed by atoms with Crippen molar-refractivity contribution >= 4 is 16.7 Å². The fourth-order valence-electron chi connectivity index (χ4n) is 4.49. The summed E-state index contributed by atoms with van der Waals surface area (Å²) in [6.45, 7) is -0.128. The zero-order valence-corrected chi connectivity index (χ0v) is 19.0. The molecule has 0 saturated carbocycles. The van der Waals surface area contributed by atoms with Crippen molar-refractivity contribution in [2.75, 3.05) is 0 Å². The van der Waals surface area contributed by atoms with E-state index in [9.17, 15) is 15.0 Å². The van der Waals surface area contributed by atoms with Gasteiger partial charge in [0.25, 0.3) is 0 Å². The average Bonchev–Trinajstić information content (AvgIpc) is 2.90. The van der Waals surface area contributed by atoms with Gasteiger partial charge in [-0.05, 0) is 28.0 Å². The average molecular weight is 461 g/mol. The first-order chi connectivity index (χ1) is 17.1. The molecule has 0 aromatic heterocycles. The molecule has 2 N–H and O–H groups in total. The summed E-state index contributed by atoms with van der Waals surface area (Å²) >= 11 is 0. The summed E-state index contributed by atoms with van der Waals surface area (Å²) in [5.41, 5.74) is 3.43. The smallest absolute Gasteiger partial charge is 0.342 e. The number of hydrogen-bond acceptors (Lipinski definition) is 4. The van der Waals surface area contributed by atoms with E-state index >= 15 is 0 Å². The number of carbonyl (C=O) groups is 1. The highest BCUT2D eigenvalue weighted by atomic mass is 16.5. The van der Waals surface area contributed by atoms with Crippen LogP contribution in [0.25, 0.3) is 10.8 Å². The number of aromatic hydroxyl groups is 2. The van der Waals surface area contributed by atoms with Crippen molar-refractivity contribution in [1.29, 1.82) is 0 Å². The van der Waals surface area contributed by atoms with Crippen LogP contribution >= 0.6 is 0 Å². The van der Waals surface area contributed by atoms with Gasteiger partial charge in [0.15, 0.2) is 0 Å². The molecule has 0 aliphatic rings. The topological polar surface area (TPSA) is 66.8 Å². The molecule has 0 spiro atoms. The van der Waals surface area contributed by atoms with Crippen molar-refractivity contribution in [3.63, 3.8) is 0 Å². The summed E-state index contributed by atoms with van der Waals surface area (Å²) in [4.78, 5) is 13.0. The van der Waals surface area contributed by atoms with Crippen molar-refractivity contribution in [3.8, 4) is 11.5 Å². The number of ether oxygens (including phenoxy) is 1. The number of benzene rings is 5. The predicted octanol–water partition coefficient (Wildman–Crippen LogP) is 6.79. The molecule has 0 fully saturated rings. The Labute approximate surface area is 203 Å². The maximum atomic E-state index is 13.0. The highest BCUT2D eigenvalue weighted by Gasteiger charge is 2.22. The summed E-state index contributed by atoms with van der Waals surface area (Å²) in [7, 11) is 0. The summed E-state index contributed by atoms with van der Waals surface area (Å²) in [5.74, 6) is -0.887. The Bertz CT molecular complexity index is 1440. The summed E-state index contributed by atoms with van der Waals surface area (Å²) in [6, 6.07) is 36.0. The van der Waals surface area contributed by atoms with E-state index in [1.807, 2.05) is 84.9 Å². The van der Waals surface area contributed by atoms with Crippen molar-refractivity contribution in [2.45, 2.75) is 12.5 Å². The third kappa shape index (κ3) is 4.46. The van der Waals surface area contributed by atoms with Gasteiger partial charge in [-0.2, -0.15) is 0 Å². The van der Waals surface area contributed by atoms with E-state index in [4.69, 9.17) is 4.74 Å². The van der Waals surface area contributed by atoms with Gasteiger partial charge in [-0.3, -0.25) is 0 Å². The van der Waals surface area contributed by atoms with Crippen LogP contribution in [0.4, 0.5) is 0 Å². The number of para-hydroxylation sites is 1. The number of carbonyl (C=O) groups excluding carboxylic acids is 1. The van der Waals surface area contributed by atoms with Gasteiger partial charge in [-0.15, -0.1) is 0 Å². The van der Waals surface area contributed by atoms with Crippen LogP contribution in [0.5, 0.6) is 11.5 Å². The number of rotatable bonds is 6. The zero-order valence-electron chi connectivity index (χ0n) is 19.0. The van der Waals surface area contributed by atoms with Gasteiger partial charge in [0.1, 0.15) is 23.7 Å². The number of esters is 1. The number of hydrogen-bond donors (Lipinski definition) is 2. The predicted molar refractivity (Wildman–Crippen MR) is 137 cm³/mol. The quantitative estimate of drug-likeness (QED) is 0.216. The first-order valence-corrected chi connectivity index (χ1v) is 11.4. The Kier molecular flexibility index (Phi) is 6.18. The van der Waals surface area contributed by atoms with Gasteiger partial charge >= 0.3 is 5.97 Å². The van der Waals surface area contributed by atoms with E-state index in [0.717, 1.165) is 22.1 Å². The Balaban J connectivity index is 1.47. The molecule has 4 heteroatoms. The minimum Gasteiger partial charge on any atom is -0.507 e. The maximum Gasteiger partial charge on any atom is 0.342 e. The van der Waals surface area contributed by atoms with E-state index in [-0.39, 0.29) is 29.6 Å². The van der Waals surface area contributed by atoms with E-state index in [1.54, 1.807) is 24.3 Å². The second-order valence-electron chi connectivity index (χ2n) is 8.37. The highest BCUT2D eigenvalue weighted by molar-refractivity contribution is 6.06. The molecule has 0 aliphatic heterocycles. The second-order valence-corrected chi connectivity index (χ2v) is 8.37. The molecule has 0 aliphatic carbocycles. The van der Waals surface area contributed by atoms with Crippen LogP contribution in [-0.2, 0) is 11.3 Å². The fraction of sp³-hybridized carbons (Fsp3) is 0.0645. The van der Waals surface area contributed by atoms with Gasteiger partial charge in [-0.25, -0.2) is 4.79 Å². The van der Waals surface area contributed by atoms with Crippen molar-refractivity contribution in [2.24, 2.45) is 0 Å². The Morgan fingerprint density at radius 3 is 2.00 bits per heavy atom. The molecule has 0 radical (unpaired) electrons. The fourth-order valence-corrected chi connectivity index (χ4v) is 4.49. The summed E-state index contributed by atoms with van der Waals surface area (Å²) in [6.07, 6.45) is 0. The molecule has 0 bridgehead atoms. The molecule has 0 saturated heterocycles. The lowest BCUT2D eigenvalue weighted by Crippen LogP contribution is -2.08. The van der Waals surface area contributed by atoms with E-state index < -0.39 is 5.97 Å². The molecule has 0 unspecified atom stereocenters. The molecule has 0 atom stereocenters. The standard InChI is InChI=1S/C31H24O4/c32-27-19-18-21-10-7-8-16-25(21)29(27)31(34)35-20-24-15-9-17-26(30(24)33)28(22-11-3-1-4-12-22)23-13-5-2-6-14-23/h1-19,28,32-33H,20H2. The molecule has 5 rings (SSSR count). The van der Waals surface area contributed by atoms with E-state index in [1.165, 1.54) is 6.07 Å². The third-order valence-electron chi connectivity index (χ3n) is 6.20. The molecule has 172 valence electrons. The number of phenols is 2. The minimum absolute atomic E-state index is 0.0835. The molecular weight excluding hydrogens is 436 g/mol. The first-order valence-electron chi connectivity index (χ1n) is 11.4.